The maximum absolute atomic E-state index is 12.7. The van der Waals surface area contributed by atoms with Gasteiger partial charge in [0.2, 0.25) is 0 Å². The van der Waals surface area contributed by atoms with E-state index in [9.17, 15) is 13.2 Å². The summed E-state index contributed by atoms with van der Waals surface area (Å²) in [6.07, 6.45) is -1.13. The van der Waals surface area contributed by atoms with Gasteiger partial charge in [-0.05, 0) is 12.1 Å². The maximum Gasteiger partial charge on any atom is 0.418 e. The SMILES string of the molecule is Cn1cncc1CNc1ccccc1C(F)(F)F. The molecule has 0 aliphatic rings. The van der Waals surface area contributed by atoms with Gasteiger partial charge in [0.1, 0.15) is 0 Å². The summed E-state index contributed by atoms with van der Waals surface area (Å²) in [4.78, 5) is 3.91. The number of benzene rings is 1. The van der Waals surface area contributed by atoms with Crippen LogP contribution in [0.4, 0.5) is 18.9 Å². The number of nitrogens with zero attached hydrogens (tertiary/aromatic N) is 2. The number of rotatable bonds is 3. The van der Waals surface area contributed by atoms with Gasteiger partial charge in [0, 0.05) is 18.9 Å². The summed E-state index contributed by atoms with van der Waals surface area (Å²) < 4.78 is 40.0. The fourth-order valence-electron chi connectivity index (χ4n) is 1.63. The van der Waals surface area contributed by atoms with Crippen molar-refractivity contribution in [3.63, 3.8) is 0 Å². The molecule has 1 N–H and O–H groups in total. The predicted molar refractivity (Wildman–Crippen MR) is 62.0 cm³/mol. The Balaban J connectivity index is 2.17. The van der Waals surface area contributed by atoms with Crippen molar-refractivity contribution < 1.29 is 13.2 Å². The first-order valence-corrected chi connectivity index (χ1v) is 5.34. The molecule has 96 valence electrons. The van der Waals surface area contributed by atoms with Gasteiger partial charge in [-0.1, -0.05) is 12.1 Å². The molecule has 0 spiro atoms. The number of halogens is 3. The Hall–Kier alpha value is -1.98. The lowest BCUT2D eigenvalue weighted by Gasteiger charge is -2.14. The summed E-state index contributed by atoms with van der Waals surface area (Å²) in [5.74, 6) is 0. The van der Waals surface area contributed by atoms with Gasteiger partial charge in [-0.15, -0.1) is 0 Å². The molecule has 0 radical (unpaired) electrons. The third-order valence-electron chi connectivity index (χ3n) is 2.61. The van der Waals surface area contributed by atoms with Crippen LogP contribution < -0.4 is 5.32 Å². The van der Waals surface area contributed by atoms with Gasteiger partial charge < -0.3 is 9.88 Å². The van der Waals surface area contributed by atoms with Crippen LogP contribution in [0.1, 0.15) is 11.3 Å². The van der Waals surface area contributed by atoms with Gasteiger partial charge in [0.15, 0.2) is 0 Å². The third-order valence-corrected chi connectivity index (χ3v) is 2.61. The molecular formula is C12H12F3N3. The van der Waals surface area contributed by atoms with Crippen molar-refractivity contribution in [2.45, 2.75) is 12.7 Å². The molecular weight excluding hydrogens is 243 g/mol. The summed E-state index contributed by atoms with van der Waals surface area (Å²) in [5.41, 5.74) is 0.227. The molecule has 0 unspecified atom stereocenters. The van der Waals surface area contributed by atoms with E-state index < -0.39 is 11.7 Å². The van der Waals surface area contributed by atoms with E-state index in [1.165, 1.54) is 12.1 Å². The Morgan fingerprint density at radius 3 is 2.61 bits per heavy atom. The highest BCUT2D eigenvalue weighted by atomic mass is 19.4. The van der Waals surface area contributed by atoms with Crippen LogP contribution in [0, 0.1) is 0 Å². The van der Waals surface area contributed by atoms with Crippen LogP contribution >= 0.6 is 0 Å². The molecule has 0 amide bonds. The normalized spacial score (nSPS) is 11.6. The van der Waals surface area contributed by atoms with Gasteiger partial charge in [-0.3, -0.25) is 0 Å². The molecule has 0 fully saturated rings. The number of imidazole rings is 1. The van der Waals surface area contributed by atoms with Crippen molar-refractivity contribution in [1.29, 1.82) is 0 Å². The minimum atomic E-state index is -4.35. The molecule has 0 saturated heterocycles. The monoisotopic (exact) mass is 255 g/mol. The molecule has 1 aromatic heterocycles. The number of nitrogens with one attached hydrogen (secondary N) is 1. The topological polar surface area (TPSA) is 29.9 Å². The lowest BCUT2D eigenvalue weighted by Crippen LogP contribution is -2.11. The van der Waals surface area contributed by atoms with Crippen molar-refractivity contribution >= 4 is 5.69 Å². The van der Waals surface area contributed by atoms with Crippen LogP contribution in [0.5, 0.6) is 0 Å². The molecule has 3 nitrogen and oxygen atoms in total. The molecule has 18 heavy (non-hydrogen) atoms. The second-order valence-electron chi connectivity index (χ2n) is 3.89. The Kier molecular flexibility index (Phi) is 3.27. The van der Waals surface area contributed by atoms with Crippen molar-refractivity contribution in [3.05, 3.63) is 48.0 Å². The van der Waals surface area contributed by atoms with E-state index in [0.29, 0.717) is 6.54 Å². The minimum Gasteiger partial charge on any atom is -0.379 e. The van der Waals surface area contributed by atoms with Crippen molar-refractivity contribution in [2.24, 2.45) is 7.05 Å². The number of aryl methyl sites for hydroxylation is 1. The van der Waals surface area contributed by atoms with E-state index in [1.807, 2.05) is 0 Å². The summed E-state index contributed by atoms with van der Waals surface area (Å²) in [6.45, 7) is 0.295. The Bertz CT molecular complexity index is 531. The molecule has 2 aromatic rings. The van der Waals surface area contributed by atoms with Crippen LogP contribution in [0.2, 0.25) is 0 Å². The number of alkyl halides is 3. The summed E-state index contributed by atoms with van der Waals surface area (Å²) >= 11 is 0. The minimum absolute atomic E-state index is 0.0752. The Labute approximate surface area is 102 Å². The van der Waals surface area contributed by atoms with Crippen LogP contribution in [0.3, 0.4) is 0 Å². The lowest BCUT2D eigenvalue weighted by atomic mass is 10.1. The first-order chi connectivity index (χ1) is 8.48. The van der Waals surface area contributed by atoms with Crippen molar-refractivity contribution in [3.8, 4) is 0 Å². The van der Waals surface area contributed by atoms with E-state index in [4.69, 9.17) is 0 Å². The molecule has 1 aromatic carbocycles. The van der Waals surface area contributed by atoms with Crippen LogP contribution in [0.15, 0.2) is 36.8 Å². The molecule has 0 saturated carbocycles. The number of anilines is 1. The summed E-state index contributed by atoms with van der Waals surface area (Å²) in [6, 6.07) is 5.42. The van der Waals surface area contributed by atoms with Gasteiger partial charge in [0.05, 0.1) is 24.1 Å². The van der Waals surface area contributed by atoms with Crippen LogP contribution in [-0.2, 0) is 19.8 Å². The van der Waals surface area contributed by atoms with Crippen LogP contribution in [0.25, 0.3) is 0 Å². The lowest BCUT2D eigenvalue weighted by molar-refractivity contribution is -0.136. The maximum atomic E-state index is 12.7. The average molecular weight is 255 g/mol. The quantitative estimate of drug-likeness (QED) is 0.913. The Morgan fingerprint density at radius 2 is 2.00 bits per heavy atom. The van der Waals surface area contributed by atoms with E-state index in [2.05, 4.69) is 10.3 Å². The summed E-state index contributed by atoms with van der Waals surface area (Å²) in [5, 5.41) is 2.78. The average Bonchev–Trinajstić information content (AvgIpc) is 2.71. The highest BCUT2D eigenvalue weighted by molar-refractivity contribution is 5.52. The van der Waals surface area contributed by atoms with Gasteiger partial charge in [-0.2, -0.15) is 13.2 Å². The number of aromatic nitrogens is 2. The predicted octanol–water partition coefficient (Wildman–Crippen LogP) is 3.05. The highest BCUT2D eigenvalue weighted by Gasteiger charge is 2.33. The third kappa shape index (κ3) is 2.64. The number of hydrogen-bond acceptors (Lipinski definition) is 2. The van der Waals surface area contributed by atoms with Gasteiger partial charge in [-0.25, -0.2) is 4.98 Å². The number of para-hydroxylation sites is 1. The molecule has 0 atom stereocenters. The molecule has 0 aliphatic carbocycles. The van der Waals surface area contributed by atoms with Crippen molar-refractivity contribution in [1.82, 2.24) is 9.55 Å². The zero-order valence-electron chi connectivity index (χ0n) is 9.70. The second-order valence-corrected chi connectivity index (χ2v) is 3.89. The summed E-state index contributed by atoms with van der Waals surface area (Å²) in [7, 11) is 1.79. The zero-order chi connectivity index (χ0) is 13.2. The molecule has 1 heterocycles. The fourth-order valence-corrected chi connectivity index (χ4v) is 1.63. The fraction of sp³-hybridized carbons (Fsp3) is 0.250. The van der Waals surface area contributed by atoms with E-state index in [-0.39, 0.29) is 5.69 Å². The molecule has 0 aliphatic heterocycles. The first-order valence-electron chi connectivity index (χ1n) is 5.34. The molecule has 0 bridgehead atoms. The van der Waals surface area contributed by atoms with Crippen molar-refractivity contribution in [2.75, 3.05) is 5.32 Å². The second kappa shape index (κ2) is 4.72. The van der Waals surface area contributed by atoms with E-state index in [1.54, 1.807) is 30.2 Å². The highest BCUT2D eigenvalue weighted by Crippen LogP contribution is 2.34. The van der Waals surface area contributed by atoms with Gasteiger partial charge in [0.25, 0.3) is 0 Å². The van der Waals surface area contributed by atoms with E-state index in [0.717, 1.165) is 11.8 Å². The van der Waals surface area contributed by atoms with Gasteiger partial charge >= 0.3 is 6.18 Å². The standard InChI is InChI=1S/C12H12F3N3/c1-18-8-16-6-9(18)7-17-11-5-3-2-4-10(11)12(13,14)15/h2-6,8,17H,7H2,1H3. The zero-order valence-corrected chi connectivity index (χ0v) is 9.70. The first kappa shape index (κ1) is 12.5. The number of hydrogen-bond donors (Lipinski definition) is 1. The largest absolute Gasteiger partial charge is 0.418 e. The molecule has 2 rings (SSSR count). The van der Waals surface area contributed by atoms with Crippen LogP contribution in [-0.4, -0.2) is 9.55 Å². The Morgan fingerprint density at radius 1 is 1.28 bits per heavy atom. The molecule has 6 heteroatoms. The smallest absolute Gasteiger partial charge is 0.379 e. The van der Waals surface area contributed by atoms with E-state index >= 15 is 0 Å².